The number of aryl methyl sites for hydroxylation is 1. The average Bonchev–Trinajstić information content (AvgIpc) is 2.54. The molecule has 0 radical (unpaired) electrons. The van der Waals surface area contributed by atoms with Gasteiger partial charge in [-0.1, -0.05) is 60.2 Å². The lowest BCUT2D eigenvalue weighted by Gasteiger charge is -2.17. The van der Waals surface area contributed by atoms with Crippen LogP contribution in [0.5, 0.6) is 0 Å². The Morgan fingerprint density at radius 1 is 1.09 bits per heavy atom. The Morgan fingerprint density at radius 3 is 2.41 bits per heavy atom. The van der Waals surface area contributed by atoms with Crippen LogP contribution in [0.1, 0.15) is 29.0 Å². The van der Waals surface area contributed by atoms with Crippen molar-refractivity contribution in [3.05, 3.63) is 71.3 Å². The number of aliphatic hydroxyl groups is 1. The van der Waals surface area contributed by atoms with Gasteiger partial charge < -0.3 is 10.4 Å². The van der Waals surface area contributed by atoms with Crippen LogP contribution in [0.15, 0.2) is 54.6 Å². The third kappa shape index (κ3) is 5.01. The van der Waals surface area contributed by atoms with Gasteiger partial charge >= 0.3 is 0 Å². The van der Waals surface area contributed by atoms with Crippen molar-refractivity contribution in [2.75, 3.05) is 13.2 Å². The zero-order valence-corrected chi connectivity index (χ0v) is 13.0. The van der Waals surface area contributed by atoms with Gasteiger partial charge in [-0.3, -0.25) is 4.79 Å². The normalized spacial score (nSPS) is 11.9. The van der Waals surface area contributed by atoms with E-state index in [4.69, 9.17) is 0 Å². The molecule has 0 aromatic heterocycles. The van der Waals surface area contributed by atoms with E-state index in [1.165, 1.54) is 5.56 Å². The smallest absolute Gasteiger partial charge is 0.224 e. The Labute approximate surface area is 132 Å². The third-order valence-electron chi connectivity index (χ3n) is 3.78. The largest absolute Gasteiger partial charge is 0.396 e. The molecular weight excluding hydrogens is 274 g/mol. The summed E-state index contributed by atoms with van der Waals surface area (Å²) in [5.74, 6) is 0.163. The Balaban J connectivity index is 1.89. The molecule has 2 aromatic rings. The van der Waals surface area contributed by atoms with E-state index < -0.39 is 0 Å². The molecule has 0 heterocycles. The number of aliphatic hydroxyl groups excluding tert-OH is 1. The average molecular weight is 297 g/mol. The van der Waals surface area contributed by atoms with Gasteiger partial charge in [0.2, 0.25) is 5.91 Å². The number of carbonyl (C=O) groups excluding carboxylic acids is 1. The molecule has 2 rings (SSSR count). The molecule has 0 saturated carbocycles. The van der Waals surface area contributed by atoms with Gasteiger partial charge in [-0.2, -0.15) is 0 Å². The van der Waals surface area contributed by atoms with Gasteiger partial charge in [0.25, 0.3) is 0 Å². The number of carbonyl (C=O) groups is 1. The molecule has 22 heavy (non-hydrogen) atoms. The van der Waals surface area contributed by atoms with Gasteiger partial charge in [-0.25, -0.2) is 0 Å². The summed E-state index contributed by atoms with van der Waals surface area (Å²) in [7, 11) is 0. The van der Waals surface area contributed by atoms with Crippen LogP contribution in [0.3, 0.4) is 0 Å². The van der Waals surface area contributed by atoms with Crippen molar-refractivity contribution in [2.45, 2.75) is 25.7 Å². The third-order valence-corrected chi connectivity index (χ3v) is 3.78. The van der Waals surface area contributed by atoms with E-state index in [0.29, 0.717) is 19.4 Å². The Hall–Kier alpha value is -2.13. The Morgan fingerprint density at radius 2 is 1.77 bits per heavy atom. The van der Waals surface area contributed by atoms with Crippen molar-refractivity contribution in [3.63, 3.8) is 0 Å². The lowest BCUT2D eigenvalue weighted by molar-refractivity contribution is -0.120. The molecule has 0 bridgehead atoms. The highest BCUT2D eigenvalue weighted by atomic mass is 16.3. The molecule has 0 spiro atoms. The van der Waals surface area contributed by atoms with Gasteiger partial charge in [0, 0.05) is 19.1 Å². The van der Waals surface area contributed by atoms with Crippen LogP contribution >= 0.6 is 0 Å². The molecule has 0 aliphatic carbocycles. The summed E-state index contributed by atoms with van der Waals surface area (Å²) in [6.07, 6.45) is 1.04. The number of nitrogens with one attached hydrogen (secondary N) is 1. The summed E-state index contributed by atoms with van der Waals surface area (Å²) in [6.45, 7) is 2.70. The Bertz CT molecular complexity index is 578. The van der Waals surface area contributed by atoms with Crippen molar-refractivity contribution in [3.8, 4) is 0 Å². The minimum atomic E-state index is 0.0164. The fourth-order valence-corrected chi connectivity index (χ4v) is 2.46. The minimum absolute atomic E-state index is 0.0164. The number of hydrogen-bond acceptors (Lipinski definition) is 2. The van der Waals surface area contributed by atoms with Crippen LogP contribution < -0.4 is 5.32 Å². The predicted octanol–water partition coefficient (Wildman–Crippen LogP) is 2.82. The van der Waals surface area contributed by atoms with Crippen LogP contribution in [-0.4, -0.2) is 24.2 Å². The van der Waals surface area contributed by atoms with E-state index in [1.54, 1.807) is 0 Å². The number of rotatable bonds is 7. The summed E-state index contributed by atoms with van der Waals surface area (Å²) in [5, 5.41) is 12.2. The molecule has 1 amide bonds. The topological polar surface area (TPSA) is 49.3 Å². The summed E-state index contributed by atoms with van der Waals surface area (Å²) >= 11 is 0. The highest BCUT2D eigenvalue weighted by Gasteiger charge is 2.12. The van der Waals surface area contributed by atoms with Gasteiger partial charge in [0.1, 0.15) is 0 Å². The minimum Gasteiger partial charge on any atom is -0.396 e. The number of amides is 1. The lowest BCUT2D eigenvalue weighted by Crippen LogP contribution is -2.30. The molecule has 116 valence electrons. The summed E-state index contributed by atoms with van der Waals surface area (Å²) in [4.78, 5) is 12.1. The molecule has 0 fully saturated rings. The van der Waals surface area contributed by atoms with Crippen molar-refractivity contribution in [2.24, 2.45) is 0 Å². The van der Waals surface area contributed by atoms with E-state index in [0.717, 1.165) is 11.1 Å². The zero-order valence-electron chi connectivity index (χ0n) is 13.0. The van der Waals surface area contributed by atoms with Crippen LogP contribution in [0.2, 0.25) is 0 Å². The molecule has 3 heteroatoms. The fraction of sp³-hybridized carbons (Fsp3) is 0.316. The van der Waals surface area contributed by atoms with Crippen LogP contribution in [-0.2, 0) is 11.2 Å². The first kappa shape index (κ1) is 16.2. The maximum Gasteiger partial charge on any atom is 0.224 e. The molecule has 1 unspecified atom stereocenters. The molecule has 2 aromatic carbocycles. The van der Waals surface area contributed by atoms with Crippen LogP contribution in [0.25, 0.3) is 0 Å². The number of benzene rings is 2. The van der Waals surface area contributed by atoms with E-state index in [1.807, 2.05) is 61.5 Å². The second-order valence-corrected chi connectivity index (χ2v) is 5.59. The zero-order chi connectivity index (χ0) is 15.8. The predicted molar refractivity (Wildman–Crippen MR) is 88.8 cm³/mol. The first-order chi connectivity index (χ1) is 10.7. The maximum atomic E-state index is 12.1. The summed E-state index contributed by atoms with van der Waals surface area (Å²) in [5.41, 5.74) is 3.35. The maximum absolute atomic E-state index is 12.1. The number of hydrogen-bond donors (Lipinski definition) is 2. The van der Waals surface area contributed by atoms with Crippen molar-refractivity contribution >= 4 is 5.91 Å². The van der Waals surface area contributed by atoms with Gasteiger partial charge in [-0.15, -0.1) is 0 Å². The molecule has 0 aliphatic rings. The van der Waals surface area contributed by atoms with E-state index in [9.17, 15) is 9.90 Å². The van der Waals surface area contributed by atoms with Crippen LogP contribution in [0.4, 0.5) is 0 Å². The highest BCUT2D eigenvalue weighted by molar-refractivity contribution is 5.78. The highest BCUT2D eigenvalue weighted by Crippen LogP contribution is 2.18. The van der Waals surface area contributed by atoms with Crippen molar-refractivity contribution in [1.29, 1.82) is 0 Å². The van der Waals surface area contributed by atoms with Crippen molar-refractivity contribution in [1.82, 2.24) is 5.32 Å². The fourth-order valence-electron chi connectivity index (χ4n) is 2.46. The van der Waals surface area contributed by atoms with E-state index in [-0.39, 0.29) is 18.4 Å². The van der Waals surface area contributed by atoms with E-state index in [2.05, 4.69) is 5.32 Å². The summed E-state index contributed by atoms with van der Waals surface area (Å²) in [6, 6.07) is 18.0. The van der Waals surface area contributed by atoms with Gasteiger partial charge in [0.05, 0.1) is 6.42 Å². The van der Waals surface area contributed by atoms with Crippen molar-refractivity contribution < 1.29 is 9.90 Å². The van der Waals surface area contributed by atoms with Gasteiger partial charge in [0.15, 0.2) is 0 Å². The monoisotopic (exact) mass is 297 g/mol. The molecule has 1 atom stereocenters. The van der Waals surface area contributed by atoms with Crippen LogP contribution in [0, 0.1) is 6.92 Å². The first-order valence-electron chi connectivity index (χ1n) is 7.67. The molecule has 0 saturated heterocycles. The molecule has 0 aliphatic heterocycles. The molecule has 2 N–H and O–H groups in total. The quantitative estimate of drug-likeness (QED) is 0.825. The molecule has 3 nitrogen and oxygen atoms in total. The van der Waals surface area contributed by atoms with Gasteiger partial charge in [-0.05, 0) is 24.5 Å². The summed E-state index contributed by atoms with van der Waals surface area (Å²) < 4.78 is 0. The standard InChI is InChI=1S/C19H23NO2/c1-15-7-9-16(10-8-15)13-19(22)20-14-18(11-12-21)17-5-3-2-4-6-17/h2-10,18,21H,11-14H2,1H3,(H,20,22). The molecular formula is C19H23NO2. The first-order valence-corrected chi connectivity index (χ1v) is 7.67. The second kappa shape index (κ2) is 8.35. The van der Waals surface area contributed by atoms with E-state index >= 15 is 0 Å². The SMILES string of the molecule is Cc1ccc(CC(=O)NCC(CCO)c2ccccc2)cc1. The lowest BCUT2D eigenvalue weighted by atomic mass is 9.96. The Kier molecular flexibility index (Phi) is 6.16. The second-order valence-electron chi connectivity index (χ2n) is 5.59.